The first-order valence-electron chi connectivity index (χ1n) is 7.49. The molecule has 0 aromatic heterocycles. The largest absolute Gasteiger partial charge is 0.493 e. The van der Waals surface area contributed by atoms with Crippen LogP contribution in [0.1, 0.15) is 18.9 Å². The number of hydrogen-bond donors (Lipinski definition) is 1. The van der Waals surface area contributed by atoms with Gasteiger partial charge in [0.2, 0.25) is 0 Å². The zero-order chi connectivity index (χ0) is 16.8. The fourth-order valence-corrected chi connectivity index (χ4v) is 2.52. The monoisotopic (exact) mass is 355 g/mol. The predicted octanol–water partition coefficient (Wildman–Crippen LogP) is 2.46. The lowest BCUT2D eigenvalue weighted by atomic mass is 10.1. The molecule has 1 N–H and O–H groups in total. The Labute approximate surface area is 147 Å². The zero-order valence-electron chi connectivity index (χ0n) is 13.7. The quantitative estimate of drug-likeness (QED) is 0.848. The lowest BCUT2D eigenvalue weighted by Gasteiger charge is -2.17. The molecule has 1 amide bonds. The maximum absolute atomic E-state index is 12.1. The summed E-state index contributed by atoms with van der Waals surface area (Å²) in [6.07, 6.45) is 4.35. The molecule has 7 heteroatoms. The number of methoxy groups -OCH3 is 1. The Balaban J connectivity index is 0.00000288. The highest BCUT2D eigenvalue weighted by atomic mass is 35.5. The molecule has 6 nitrogen and oxygen atoms in total. The van der Waals surface area contributed by atoms with Crippen LogP contribution < -0.4 is 9.47 Å². The molecule has 132 valence electrons. The summed E-state index contributed by atoms with van der Waals surface area (Å²) in [6, 6.07) is 5.46. The van der Waals surface area contributed by atoms with Gasteiger partial charge in [0, 0.05) is 13.1 Å². The molecule has 24 heavy (non-hydrogen) atoms. The molecule has 0 saturated carbocycles. The van der Waals surface area contributed by atoms with Crippen molar-refractivity contribution >= 4 is 30.4 Å². The maximum atomic E-state index is 12.1. The lowest BCUT2D eigenvalue weighted by molar-refractivity contribution is -0.141. The number of amides is 1. The van der Waals surface area contributed by atoms with Gasteiger partial charge in [-0.1, -0.05) is 18.2 Å². The number of rotatable bonds is 6. The third-order valence-electron chi connectivity index (χ3n) is 3.79. The van der Waals surface area contributed by atoms with Crippen LogP contribution in [-0.2, 0) is 9.59 Å². The fraction of sp³-hybridized carbons (Fsp3) is 0.412. The first-order chi connectivity index (χ1) is 11.0. The lowest BCUT2D eigenvalue weighted by Crippen LogP contribution is -2.33. The second-order valence-electron chi connectivity index (χ2n) is 5.36. The molecule has 2 rings (SSSR count). The number of likely N-dealkylation sites (tertiary alicyclic amines) is 1. The summed E-state index contributed by atoms with van der Waals surface area (Å²) in [7, 11) is 1.54. The van der Waals surface area contributed by atoms with Gasteiger partial charge >= 0.3 is 5.97 Å². The highest BCUT2D eigenvalue weighted by molar-refractivity contribution is 5.85. The number of aliphatic carboxylic acids is 1. The van der Waals surface area contributed by atoms with Crippen LogP contribution >= 0.6 is 12.4 Å². The molecular weight excluding hydrogens is 334 g/mol. The number of carbonyl (C=O) groups excluding carboxylic acids is 1. The SMILES string of the molecule is CC=Cc1ccc(OCC(=O)N2CCC(C(=O)O)C2)c(OC)c1.Cl. The van der Waals surface area contributed by atoms with E-state index >= 15 is 0 Å². The van der Waals surface area contributed by atoms with Crippen LogP contribution in [0, 0.1) is 5.92 Å². The van der Waals surface area contributed by atoms with Crippen molar-refractivity contribution in [2.24, 2.45) is 5.92 Å². The van der Waals surface area contributed by atoms with E-state index in [9.17, 15) is 9.59 Å². The molecule has 1 saturated heterocycles. The highest BCUT2D eigenvalue weighted by Gasteiger charge is 2.30. The molecule has 1 aromatic rings. The van der Waals surface area contributed by atoms with Gasteiger partial charge in [-0.25, -0.2) is 0 Å². The second kappa shape index (κ2) is 9.17. The Kier molecular flexibility index (Phi) is 7.58. The maximum Gasteiger partial charge on any atom is 0.308 e. The summed E-state index contributed by atoms with van der Waals surface area (Å²) in [5, 5.41) is 8.97. The molecule has 1 heterocycles. The normalized spacial score (nSPS) is 16.8. The van der Waals surface area contributed by atoms with E-state index in [1.807, 2.05) is 31.2 Å². The van der Waals surface area contributed by atoms with Gasteiger partial charge in [-0.3, -0.25) is 9.59 Å². The van der Waals surface area contributed by atoms with Crippen LogP contribution in [0.2, 0.25) is 0 Å². The van der Waals surface area contributed by atoms with Gasteiger partial charge in [0.25, 0.3) is 5.91 Å². The summed E-state index contributed by atoms with van der Waals surface area (Å²) in [6.45, 7) is 2.49. The van der Waals surface area contributed by atoms with Crippen molar-refractivity contribution in [1.82, 2.24) is 4.90 Å². The molecule has 0 bridgehead atoms. The molecular formula is C17H22ClNO5. The van der Waals surface area contributed by atoms with Gasteiger partial charge in [0.05, 0.1) is 13.0 Å². The number of carbonyl (C=O) groups is 2. The molecule has 1 fully saturated rings. The minimum absolute atomic E-state index is 0. The number of nitrogens with zero attached hydrogens (tertiary/aromatic N) is 1. The molecule has 0 spiro atoms. The number of carboxylic acids is 1. The Hall–Kier alpha value is -2.21. The summed E-state index contributed by atoms with van der Waals surface area (Å²) in [5.74, 6) is -0.509. The number of allylic oxidation sites excluding steroid dienone is 1. The first-order valence-corrected chi connectivity index (χ1v) is 7.49. The van der Waals surface area contributed by atoms with Crippen molar-refractivity contribution in [2.75, 3.05) is 26.8 Å². The van der Waals surface area contributed by atoms with E-state index in [1.165, 1.54) is 4.90 Å². The number of ether oxygens (including phenoxy) is 2. The van der Waals surface area contributed by atoms with Crippen LogP contribution in [-0.4, -0.2) is 48.7 Å². The van der Waals surface area contributed by atoms with Gasteiger partial charge in [-0.15, -0.1) is 12.4 Å². The number of halogens is 1. The third kappa shape index (κ3) is 4.89. The number of benzene rings is 1. The Morgan fingerprint density at radius 1 is 1.38 bits per heavy atom. The van der Waals surface area contributed by atoms with E-state index in [1.54, 1.807) is 13.2 Å². The zero-order valence-corrected chi connectivity index (χ0v) is 14.5. The summed E-state index contributed by atoms with van der Waals surface area (Å²) < 4.78 is 10.8. The Bertz CT molecular complexity index is 617. The van der Waals surface area contributed by atoms with Crippen molar-refractivity contribution in [3.8, 4) is 11.5 Å². The van der Waals surface area contributed by atoms with E-state index in [4.69, 9.17) is 14.6 Å². The van der Waals surface area contributed by atoms with Crippen molar-refractivity contribution in [2.45, 2.75) is 13.3 Å². The molecule has 1 unspecified atom stereocenters. The van der Waals surface area contributed by atoms with Crippen LogP contribution in [0.3, 0.4) is 0 Å². The smallest absolute Gasteiger partial charge is 0.308 e. The number of carboxylic acid groups (broad SMARTS) is 1. The standard InChI is InChI=1S/C17H21NO5.ClH/c1-3-4-12-5-6-14(15(9-12)22-2)23-11-16(19)18-8-7-13(10-18)17(20)21;/h3-6,9,13H,7-8,10-11H2,1-2H3,(H,20,21);1H. The first kappa shape index (κ1) is 19.8. The fourth-order valence-electron chi connectivity index (χ4n) is 2.52. The Morgan fingerprint density at radius 2 is 2.12 bits per heavy atom. The molecule has 0 aliphatic carbocycles. The number of hydrogen-bond acceptors (Lipinski definition) is 4. The van der Waals surface area contributed by atoms with Gasteiger partial charge in [0.1, 0.15) is 0 Å². The van der Waals surface area contributed by atoms with Gasteiger partial charge in [0.15, 0.2) is 18.1 Å². The van der Waals surface area contributed by atoms with E-state index in [-0.39, 0.29) is 31.5 Å². The van der Waals surface area contributed by atoms with Crippen LogP contribution in [0.25, 0.3) is 6.08 Å². The third-order valence-corrected chi connectivity index (χ3v) is 3.79. The van der Waals surface area contributed by atoms with Crippen molar-refractivity contribution in [3.63, 3.8) is 0 Å². The van der Waals surface area contributed by atoms with Gasteiger partial charge in [-0.2, -0.15) is 0 Å². The molecule has 1 aliphatic heterocycles. The van der Waals surface area contributed by atoms with E-state index in [2.05, 4.69) is 0 Å². The average molecular weight is 356 g/mol. The molecule has 1 aromatic carbocycles. The van der Waals surface area contributed by atoms with Crippen molar-refractivity contribution in [3.05, 3.63) is 29.8 Å². The average Bonchev–Trinajstić information content (AvgIpc) is 3.03. The van der Waals surface area contributed by atoms with Crippen LogP contribution in [0.15, 0.2) is 24.3 Å². The van der Waals surface area contributed by atoms with Crippen LogP contribution in [0.4, 0.5) is 0 Å². The summed E-state index contributed by atoms with van der Waals surface area (Å²) in [5.41, 5.74) is 0.979. The molecule has 0 radical (unpaired) electrons. The van der Waals surface area contributed by atoms with E-state index < -0.39 is 11.9 Å². The highest BCUT2D eigenvalue weighted by Crippen LogP contribution is 2.28. The topological polar surface area (TPSA) is 76.1 Å². The Morgan fingerprint density at radius 3 is 2.71 bits per heavy atom. The van der Waals surface area contributed by atoms with E-state index in [0.29, 0.717) is 24.5 Å². The van der Waals surface area contributed by atoms with Crippen molar-refractivity contribution < 1.29 is 24.2 Å². The minimum atomic E-state index is -0.859. The summed E-state index contributed by atoms with van der Waals surface area (Å²) in [4.78, 5) is 24.6. The second-order valence-corrected chi connectivity index (χ2v) is 5.36. The van der Waals surface area contributed by atoms with Gasteiger partial charge < -0.3 is 19.5 Å². The molecule has 1 aliphatic rings. The summed E-state index contributed by atoms with van der Waals surface area (Å²) >= 11 is 0. The van der Waals surface area contributed by atoms with Gasteiger partial charge in [-0.05, 0) is 31.0 Å². The van der Waals surface area contributed by atoms with Crippen LogP contribution in [0.5, 0.6) is 11.5 Å². The molecule has 1 atom stereocenters. The van der Waals surface area contributed by atoms with Crippen molar-refractivity contribution in [1.29, 1.82) is 0 Å². The van der Waals surface area contributed by atoms with E-state index in [0.717, 1.165) is 5.56 Å². The predicted molar refractivity (Wildman–Crippen MR) is 92.8 cm³/mol. The minimum Gasteiger partial charge on any atom is -0.493 e.